The molecule has 1 aromatic carbocycles. The molecular formula is C14H13N5O2. The molecule has 0 aliphatic carbocycles. The van der Waals surface area contributed by atoms with Crippen LogP contribution in [-0.2, 0) is 6.42 Å². The minimum Gasteiger partial charge on any atom is -0.437 e. The third kappa shape index (κ3) is 2.03. The number of benzene rings is 1. The van der Waals surface area contributed by atoms with Gasteiger partial charge < -0.3 is 10.1 Å². The highest BCUT2D eigenvalue weighted by atomic mass is 16.5. The summed E-state index contributed by atoms with van der Waals surface area (Å²) in [6.07, 6.45) is 3.57. The van der Waals surface area contributed by atoms with Crippen LogP contribution in [0, 0.1) is 0 Å². The Morgan fingerprint density at radius 1 is 1.33 bits per heavy atom. The van der Waals surface area contributed by atoms with Gasteiger partial charge in [-0.05, 0) is 24.5 Å². The van der Waals surface area contributed by atoms with Gasteiger partial charge in [0.15, 0.2) is 11.4 Å². The third-order valence-corrected chi connectivity index (χ3v) is 3.54. The van der Waals surface area contributed by atoms with Crippen molar-refractivity contribution in [2.45, 2.75) is 12.8 Å². The fraction of sp³-hybridized carbons (Fsp3) is 0.214. The SMILES string of the molecule is O=c1[nH]nc2cc(Oc3cccc4c3NCCC4)ncn12. The van der Waals surface area contributed by atoms with E-state index in [4.69, 9.17) is 4.74 Å². The van der Waals surface area contributed by atoms with Crippen molar-refractivity contribution in [2.75, 3.05) is 11.9 Å². The predicted octanol–water partition coefficient (Wildman–Crippen LogP) is 1.57. The molecule has 0 saturated carbocycles. The Balaban J connectivity index is 1.72. The van der Waals surface area contributed by atoms with Gasteiger partial charge in [-0.1, -0.05) is 12.1 Å². The van der Waals surface area contributed by atoms with Gasteiger partial charge in [-0.2, -0.15) is 5.10 Å². The number of nitrogens with one attached hydrogen (secondary N) is 2. The molecule has 0 unspecified atom stereocenters. The summed E-state index contributed by atoms with van der Waals surface area (Å²) in [5.41, 5.74) is 2.42. The second-order valence-electron chi connectivity index (χ2n) is 4.91. The monoisotopic (exact) mass is 283 g/mol. The summed E-state index contributed by atoms with van der Waals surface area (Å²) in [4.78, 5) is 15.5. The van der Waals surface area contributed by atoms with Crippen molar-refractivity contribution < 1.29 is 4.74 Å². The molecule has 0 amide bonds. The Morgan fingerprint density at radius 2 is 2.29 bits per heavy atom. The molecule has 106 valence electrons. The second kappa shape index (κ2) is 4.62. The van der Waals surface area contributed by atoms with Gasteiger partial charge >= 0.3 is 5.69 Å². The normalized spacial score (nSPS) is 13.7. The topological polar surface area (TPSA) is 84.3 Å². The lowest BCUT2D eigenvalue weighted by molar-refractivity contribution is 0.462. The van der Waals surface area contributed by atoms with E-state index < -0.39 is 0 Å². The smallest absolute Gasteiger partial charge is 0.348 e. The average Bonchev–Trinajstić information content (AvgIpc) is 2.89. The summed E-state index contributed by atoms with van der Waals surface area (Å²) >= 11 is 0. The van der Waals surface area contributed by atoms with E-state index in [1.165, 1.54) is 16.3 Å². The molecule has 0 spiro atoms. The first-order valence-electron chi connectivity index (χ1n) is 6.78. The van der Waals surface area contributed by atoms with Crippen molar-refractivity contribution in [3.05, 3.63) is 46.6 Å². The summed E-state index contributed by atoms with van der Waals surface area (Å²) in [6, 6.07) is 7.59. The van der Waals surface area contributed by atoms with Gasteiger partial charge in [0, 0.05) is 12.6 Å². The zero-order chi connectivity index (χ0) is 14.2. The molecule has 0 fully saturated rings. The van der Waals surface area contributed by atoms with Crippen LogP contribution in [0.5, 0.6) is 11.6 Å². The molecule has 1 aliphatic heterocycles. The number of aromatic amines is 1. The number of fused-ring (bicyclic) bond motifs is 2. The second-order valence-corrected chi connectivity index (χ2v) is 4.91. The molecule has 0 saturated heterocycles. The molecular weight excluding hydrogens is 270 g/mol. The number of hydrogen-bond donors (Lipinski definition) is 2. The van der Waals surface area contributed by atoms with Crippen LogP contribution in [0.2, 0.25) is 0 Å². The number of H-pyrrole nitrogens is 1. The van der Waals surface area contributed by atoms with Crippen LogP contribution in [0.15, 0.2) is 35.4 Å². The highest BCUT2D eigenvalue weighted by Crippen LogP contribution is 2.34. The van der Waals surface area contributed by atoms with Gasteiger partial charge in [0.25, 0.3) is 0 Å². The van der Waals surface area contributed by atoms with E-state index in [9.17, 15) is 4.79 Å². The zero-order valence-corrected chi connectivity index (χ0v) is 11.2. The molecule has 7 nitrogen and oxygen atoms in total. The first-order chi connectivity index (χ1) is 10.3. The lowest BCUT2D eigenvalue weighted by Crippen LogP contribution is -2.12. The zero-order valence-electron chi connectivity index (χ0n) is 11.2. The molecule has 0 bridgehead atoms. The number of aryl methyl sites for hydroxylation is 1. The van der Waals surface area contributed by atoms with E-state index in [1.54, 1.807) is 6.07 Å². The van der Waals surface area contributed by atoms with Crippen LogP contribution < -0.4 is 15.7 Å². The highest BCUT2D eigenvalue weighted by Gasteiger charge is 2.14. The lowest BCUT2D eigenvalue weighted by Gasteiger charge is -2.20. The highest BCUT2D eigenvalue weighted by molar-refractivity contribution is 5.64. The minimum atomic E-state index is -0.317. The molecule has 7 heteroatoms. The quantitative estimate of drug-likeness (QED) is 0.745. The Kier molecular flexibility index (Phi) is 2.63. The summed E-state index contributed by atoms with van der Waals surface area (Å²) in [6.45, 7) is 0.939. The maximum absolute atomic E-state index is 11.4. The van der Waals surface area contributed by atoms with Crippen LogP contribution in [0.25, 0.3) is 5.65 Å². The van der Waals surface area contributed by atoms with Gasteiger partial charge in [-0.3, -0.25) is 0 Å². The van der Waals surface area contributed by atoms with Gasteiger partial charge in [0.05, 0.1) is 5.69 Å². The maximum atomic E-state index is 11.4. The Bertz CT molecular complexity index is 867. The van der Waals surface area contributed by atoms with Crippen LogP contribution >= 0.6 is 0 Å². The van der Waals surface area contributed by atoms with E-state index in [-0.39, 0.29) is 5.69 Å². The maximum Gasteiger partial charge on any atom is 0.348 e. The van der Waals surface area contributed by atoms with E-state index in [1.807, 2.05) is 12.1 Å². The molecule has 0 atom stereocenters. The number of hydrogen-bond acceptors (Lipinski definition) is 5. The molecule has 1 aliphatic rings. The van der Waals surface area contributed by atoms with Crippen LogP contribution in [0.3, 0.4) is 0 Å². The Labute approximate surface area is 119 Å². The summed E-state index contributed by atoms with van der Waals surface area (Å²) in [7, 11) is 0. The fourth-order valence-electron chi connectivity index (χ4n) is 2.52. The number of anilines is 1. The molecule has 4 rings (SSSR count). The molecule has 0 radical (unpaired) electrons. The average molecular weight is 283 g/mol. The third-order valence-electron chi connectivity index (χ3n) is 3.54. The van der Waals surface area contributed by atoms with Crippen molar-refractivity contribution in [2.24, 2.45) is 0 Å². The minimum absolute atomic E-state index is 0.317. The standard InChI is InChI=1S/C14H13N5O2/c20-14-18-17-11-7-12(16-8-19(11)14)21-10-5-1-3-9-4-2-6-15-13(9)10/h1,3,5,7-8,15H,2,4,6H2,(H,18,20). The molecule has 3 heterocycles. The van der Waals surface area contributed by atoms with Crippen LogP contribution in [0.4, 0.5) is 5.69 Å². The van der Waals surface area contributed by atoms with Crippen molar-refractivity contribution in [3.8, 4) is 11.6 Å². The van der Waals surface area contributed by atoms with Crippen molar-refractivity contribution in [1.29, 1.82) is 0 Å². The van der Waals surface area contributed by atoms with Crippen molar-refractivity contribution in [3.63, 3.8) is 0 Å². The fourth-order valence-corrected chi connectivity index (χ4v) is 2.52. The number of nitrogens with zero attached hydrogens (tertiary/aromatic N) is 3. The number of aromatic nitrogens is 4. The van der Waals surface area contributed by atoms with Crippen LogP contribution in [-0.4, -0.2) is 26.1 Å². The number of rotatable bonds is 2. The molecule has 21 heavy (non-hydrogen) atoms. The number of para-hydroxylation sites is 1. The number of ether oxygens (including phenoxy) is 1. The van der Waals surface area contributed by atoms with E-state index in [0.717, 1.165) is 30.8 Å². The van der Waals surface area contributed by atoms with Gasteiger partial charge in [-0.25, -0.2) is 19.3 Å². The summed E-state index contributed by atoms with van der Waals surface area (Å²) < 4.78 is 7.18. The molecule has 2 N–H and O–H groups in total. The van der Waals surface area contributed by atoms with Gasteiger partial charge in [0.1, 0.15) is 6.33 Å². The van der Waals surface area contributed by atoms with E-state index in [0.29, 0.717) is 11.5 Å². The Morgan fingerprint density at radius 3 is 3.24 bits per heavy atom. The first-order valence-corrected chi connectivity index (χ1v) is 6.78. The lowest BCUT2D eigenvalue weighted by atomic mass is 10.0. The van der Waals surface area contributed by atoms with Crippen molar-refractivity contribution >= 4 is 11.3 Å². The van der Waals surface area contributed by atoms with Crippen LogP contribution in [0.1, 0.15) is 12.0 Å². The molecule has 3 aromatic rings. The van der Waals surface area contributed by atoms with Gasteiger partial charge in [-0.15, -0.1) is 0 Å². The largest absolute Gasteiger partial charge is 0.437 e. The summed E-state index contributed by atoms with van der Waals surface area (Å²) in [5, 5.41) is 9.63. The van der Waals surface area contributed by atoms with Crippen molar-refractivity contribution in [1.82, 2.24) is 19.6 Å². The van der Waals surface area contributed by atoms with Gasteiger partial charge in [0.2, 0.25) is 5.88 Å². The first kappa shape index (κ1) is 12.0. The Hall–Kier alpha value is -2.83. The van der Waals surface area contributed by atoms with E-state index in [2.05, 4.69) is 26.6 Å². The summed E-state index contributed by atoms with van der Waals surface area (Å²) in [5.74, 6) is 1.14. The van der Waals surface area contributed by atoms with E-state index >= 15 is 0 Å². The predicted molar refractivity (Wildman–Crippen MR) is 76.9 cm³/mol. The molecule has 2 aromatic heterocycles.